The van der Waals surface area contributed by atoms with E-state index in [9.17, 15) is 8.42 Å². The Bertz CT molecular complexity index is 317. The Morgan fingerprint density at radius 2 is 2.19 bits per heavy atom. The molecular weight excluding hydrogens is 228 g/mol. The number of hydrogen-bond donors (Lipinski definition) is 2. The highest BCUT2D eigenvalue weighted by atomic mass is 32.2. The van der Waals surface area contributed by atoms with Crippen molar-refractivity contribution in [2.75, 3.05) is 33.2 Å². The lowest BCUT2D eigenvalue weighted by atomic mass is 10.2. The molecule has 96 valence electrons. The fourth-order valence-corrected chi connectivity index (χ4v) is 3.40. The van der Waals surface area contributed by atoms with Crippen molar-refractivity contribution < 1.29 is 8.42 Å². The zero-order chi connectivity index (χ0) is 12.3. The summed E-state index contributed by atoms with van der Waals surface area (Å²) in [6.45, 7) is 5.86. The number of hydrogen-bond acceptors (Lipinski definition) is 4. The molecule has 16 heavy (non-hydrogen) atoms. The third-order valence-corrected chi connectivity index (χ3v) is 5.18. The molecule has 0 spiro atoms. The minimum Gasteiger partial charge on any atom is -0.329 e. The van der Waals surface area contributed by atoms with E-state index in [1.165, 1.54) is 8.61 Å². The Labute approximate surface area is 98.0 Å². The summed E-state index contributed by atoms with van der Waals surface area (Å²) >= 11 is 0. The average Bonchev–Trinajstić information content (AvgIpc) is 2.27. The van der Waals surface area contributed by atoms with Gasteiger partial charge >= 0.3 is 0 Å². The predicted molar refractivity (Wildman–Crippen MR) is 64.2 cm³/mol. The van der Waals surface area contributed by atoms with E-state index in [2.05, 4.69) is 5.32 Å². The zero-order valence-corrected chi connectivity index (χ0v) is 11.0. The highest BCUT2D eigenvalue weighted by molar-refractivity contribution is 7.86. The Hall–Kier alpha value is -0.210. The van der Waals surface area contributed by atoms with E-state index in [0.717, 1.165) is 0 Å². The van der Waals surface area contributed by atoms with Crippen molar-refractivity contribution in [3.8, 4) is 0 Å². The van der Waals surface area contributed by atoms with Crippen LogP contribution < -0.4 is 11.1 Å². The highest BCUT2D eigenvalue weighted by Crippen LogP contribution is 2.14. The van der Waals surface area contributed by atoms with Crippen LogP contribution in [0.4, 0.5) is 0 Å². The van der Waals surface area contributed by atoms with Gasteiger partial charge in [-0.1, -0.05) is 0 Å². The van der Waals surface area contributed by atoms with E-state index in [0.29, 0.717) is 26.2 Å². The molecule has 0 bridgehead atoms. The molecule has 0 amide bonds. The summed E-state index contributed by atoms with van der Waals surface area (Å²) in [5, 5.41) is 3.15. The molecule has 0 saturated carbocycles. The van der Waals surface area contributed by atoms with Crippen LogP contribution in [0.15, 0.2) is 0 Å². The smallest absolute Gasteiger partial charge is 0.282 e. The summed E-state index contributed by atoms with van der Waals surface area (Å²) in [5.74, 6) is 0. The molecule has 3 N–H and O–H groups in total. The molecule has 1 rings (SSSR count). The maximum Gasteiger partial charge on any atom is 0.282 e. The second kappa shape index (κ2) is 5.42. The van der Waals surface area contributed by atoms with Gasteiger partial charge in [-0.2, -0.15) is 17.0 Å². The molecule has 0 aliphatic carbocycles. The van der Waals surface area contributed by atoms with E-state index in [1.807, 2.05) is 13.8 Å². The van der Waals surface area contributed by atoms with Crippen molar-refractivity contribution in [1.82, 2.24) is 13.9 Å². The van der Waals surface area contributed by atoms with Gasteiger partial charge in [0.25, 0.3) is 10.2 Å². The van der Waals surface area contributed by atoms with Crippen molar-refractivity contribution in [2.24, 2.45) is 5.73 Å². The SMILES string of the molecule is CC(C)N(C)S(=O)(=O)N1CCNCC1CN. The zero-order valence-electron chi connectivity index (χ0n) is 10.2. The van der Waals surface area contributed by atoms with Gasteiger partial charge in [0.1, 0.15) is 0 Å². The van der Waals surface area contributed by atoms with Gasteiger partial charge in [0, 0.05) is 39.3 Å². The maximum absolute atomic E-state index is 12.3. The van der Waals surface area contributed by atoms with Gasteiger partial charge in [0.2, 0.25) is 0 Å². The van der Waals surface area contributed by atoms with Gasteiger partial charge in [-0.3, -0.25) is 0 Å². The fourth-order valence-electron chi connectivity index (χ4n) is 1.68. The maximum atomic E-state index is 12.3. The standard InChI is InChI=1S/C9H22N4O2S/c1-8(2)12(3)16(14,15)13-5-4-11-7-9(13)6-10/h8-9,11H,4-7,10H2,1-3H3. The quantitative estimate of drug-likeness (QED) is 0.657. The molecule has 1 heterocycles. The Morgan fingerprint density at radius 1 is 1.56 bits per heavy atom. The Balaban J connectivity index is 2.88. The van der Waals surface area contributed by atoms with Crippen LogP contribution in [-0.4, -0.2) is 62.3 Å². The van der Waals surface area contributed by atoms with Gasteiger partial charge < -0.3 is 11.1 Å². The second-order valence-corrected chi connectivity index (χ2v) is 6.26. The normalized spacial score (nSPS) is 24.2. The summed E-state index contributed by atoms with van der Waals surface area (Å²) in [7, 11) is -1.77. The second-order valence-electron chi connectivity index (χ2n) is 4.32. The van der Waals surface area contributed by atoms with Crippen molar-refractivity contribution in [2.45, 2.75) is 25.9 Å². The van der Waals surface area contributed by atoms with E-state index in [1.54, 1.807) is 7.05 Å². The summed E-state index contributed by atoms with van der Waals surface area (Å²) < 4.78 is 27.4. The van der Waals surface area contributed by atoms with Crippen molar-refractivity contribution in [1.29, 1.82) is 0 Å². The molecule has 1 aliphatic heterocycles. The topological polar surface area (TPSA) is 78.7 Å². The van der Waals surface area contributed by atoms with Gasteiger partial charge in [-0.05, 0) is 13.8 Å². The number of nitrogens with zero attached hydrogens (tertiary/aromatic N) is 2. The molecule has 0 radical (unpaired) electrons. The molecule has 1 unspecified atom stereocenters. The predicted octanol–water partition coefficient (Wildman–Crippen LogP) is -1.20. The van der Waals surface area contributed by atoms with Crippen LogP contribution in [0.3, 0.4) is 0 Å². The first-order valence-corrected chi connectivity index (χ1v) is 6.96. The number of nitrogens with one attached hydrogen (secondary N) is 1. The summed E-state index contributed by atoms with van der Waals surface area (Å²) in [6.07, 6.45) is 0. The van der Waals surface area contributed by atoms with Gasteiger partial charge in [0.15, 0.2) is 0 Å². The summed E-state index contributed by atoms with van der Waals surface area (Å²) in [4.78, 5) is 0. The van der Waals surface area contributed by atoms with Gasteiger partial charge in [0.05, 0.1) is 6.04 Å². The Morgan fingerprint density at radius 3 is 2.69 bits per heavy atom. The largest absolute Gasteiger partial charge is 0.329 e. The first-order chi connectivity index (χ1) is 7.41. The van der Waals surface area contributed by atoms with E-state index in [4.69, 9.17) is 5.73 Å². The van der Waals surface area contributed by atoms with Gasteiger partial charge in [-0.15, -0.1) is 0 Å². The van der Waals surface area contributed by atoms with E-state index >= 15 is 0 Å². The molecule has 0 aromatic heterocycles. The van der Waals surface area contributed by atoms with Crippen LogP contribution in [0, 0.1) is 0 Å². The highest BCUT2D eigenvalue weighted by Gasteiger charge is 2.35. The molecule has 0 aromatic carbocycles. The number of piperazine rings is 1. The van der Waals surface area contributed by atoms with Crippen LogP contribution in [0.25, 0.3) is 0 Å². The fraction of sp³-hybridized carbons (Fsp3) is 1.00. The molecule has 1 atom stereocenters. The average molecular weight is 250 g/mol. The Kier molecular flexibility index (Phi) is 4.69. The molecule has 1 aliphatic rings. The minimum atomic E-state index is -3.38. The summed E-state index contributed by atoms with van der Waals surface area (Å²) in [6, 6.07) is -0.182. The van der Waals surface area contributed by atoms with Crippen LogP contribution in [0.1, 0.15) is 13.8 Å². The lowest BCUT2D eigenvalue weighted by molar-refractivity contribution is 0.247. The number of rotatable bonds is 4. The first-order valence-electron chi connectivity index (χ1n) is 5.56. The van der Waals surface area contributed by atoms with Crippen LogP contribution >= 0.6 is 0 Å². The molecule has 0 aromatic rings. The number of nitrogens with two attached hydrogens (primary N) is 1. The summed E-state index contributed by atoms with van der Waals surface area (Å²) in [5.41, 5.74) is 5.60. The lowest BCUT2D eigenvalue weighted by Gasteiger charge is -2.37. The molecule has 1 saturated heterocycles. The molecule has 1 fully saturated rings. The van der Waals surface area contributed by atoms with Crippen molar-refractivity contribution >= 4 is 10.2 Å². The molecule has 6 nitrogen and oxygen atoms in total. The van der Waals surface area contributed by atoms with E-state index in [-0.39, 0.29) is 12.1 Å². The van der Waals surface area contributed by atoms with Gasteiger partial charge in [-0.25, -0.2) is 0 Å². The first kappa shape index (κ1) is 13.9. The van der Waals surface area contributed by atoms with Crippen LogP contribution in [0.5, 0.6) is 0 Å². The van der Waals surface area contributed by atoms with Crippen molar-refractivity contribution in [3.63, 3.8) is 0 Å². The molecule has 7 heteroatoms. The van der Waals surface area contributed by atoms with E-state index < -0.39 is 10.2 Å². The molecular formula is C9H22N4O2S. The van der Waals surface area contributed by atoms with Crippen LogP contribution in [-0.2, 0) is 10.2 Å². The third-order valence-electron chi connectivity index (χ3n) is 2.96. The third kappa shape index (κ3) is 2.72. The minimum absolute atomic E-state index is 0.0432. The lowest BCUT2D eigenvalue weighted by Crippen LogP contribution is -2.59. The van der Waals surface area contributed by atoms with Crippen LogP contribution in [0.2, 0.25) is 0 Å². The van der Waals surface area contributed by atoms with Crippen molar-refractivity contribution in [3.05, 3.63) is 0 Å². The monoisotopic (exact) mass is 250 g/mol.